The first-order chi connectivity index (χ1) is 9.49. The van der Waals surface area contributed by atoms with E-state index in [1.54, 1.807) is 10.8 Å². The number of nitrogens with zero attached hydrogens (tertiary/aromatic N) is 3. The zero-order valence-electron chi connectivity index (χ0n) is 11.0. The lowest BCUT2D eigenvalue weighted by atomic mass is 10.2. The number of hydrogen-bond donors (Lipinski definition) is 1. The lowest BCUT2D eigenvalue weighted by Gasteiger charge is -2.10. The summed E-state index contributed by atoms with van der Waals surface area (Å²) in [6.07, 6.45) is 1.75. The zero-order valence-corrected chi connectivity index (χ0v) is 13.3. The largest absolute Gasteiger partial charge is 0.369 e. The van der Waals surface area contributed by atoms with Gasteiger partial charge in [0, 0.05) is 15.7 Å². The summed E-state index contributed by atoms with van der Waals surface area (Å²) in [5.74, 6) is 0.391. The number of rotatable bonds is 1. The van der Waals surface area contributed by atoms with Crippen LogP contribution < -0.4 is 5.73 Å². The highest BCUT2D eigenvalue weighted by atomic mass is 79.9. The first-order valence-corrected chi connectivity index (χ1v) is 7.21. The van der Waals surface area contributed by atoms with Crippen LogP contribution >= 0.6 is 27.5 Å². The Labute approximate surface area is 129 Å². The lowest BCUT2D eigenvalue weighted by molar-refractivity contribution is 1.07. The van der Waals surface area contributed by atoms with Crippen molar-refractivity contribution in [1.82, 2.24) is 14.5 Å². The molecule has 0 atom stereocenters. The Bertz CT molecular complexity index is 826. The van der Waals surface area contributed by atoms with Gasteiger partial charge in [-0.05, 0) is 59.1 Å². The molecule has 3 aromatic rings. The molecular formula is C14H12BrClN4. The molecule has 2 N–H and O–H groups in total. The molecule has 2 heterocycles. The van der Waals surface area contributed by atoms with Gasteiger partial charge in [0.1, 0.15) is 5.52 Å². The SMILES string of the molecule is Cc1cc(Br)c(-n2c(N)nc3c(C)ccnc32)cc1Cl. The van der Waals surface area contributed by atoms with E-state index in [9.17, 15) is 0 Å². The van der Waals surface area contributed by atoms with Gasteiger partial charge in [0.15, 0.2) is 5.65 Å². The predicted molar refractivity (Wildman–Crippen MR) is 85.5 cm³/mol. The van der Waals surface area contributed by atoms with Crippen LogP contribution in [-0.4, -0.2) is 14.5 Å². The standard InChI is InChI=1S/C14H12BrClN4/c1-7-3-4-18-13-12(7)19-14(17)20(13)11-6-10(16)8(2)5-9(11)15/h3-6H,1-2H3,(H2,17,19). The third-order valence-electron chi connectivity index (χ3n) is 3.24. The van der Waals surface area contributed by atoms with Crippen LogP contribution in [0.4, 0.5) is 5.95 Å². The Balaban J connectivity index is 2.38. The number of pyridine rings is 1. The molecule has 0 aliphatic heterocycles. The highest BCUT2D eigenvalue weighted by Gasteiger charge is 2.16. The normalized spacial score (nSPS) is 11.2. The predicted octanol–water partition coefficient (Wildman–Crippen LogP) is 4.04. The van der Waals surface area contributed by atoms with E-state index < -0.39 is 0 Å². The Morgan fingerprint density at radius 3 is 2.75 bits per heavy atom. The summed E-state index contributed by atoms with van der Waals surface area (Å²) in [7, 11) is 0. The van der Waals surface area contributed by atoms with Gasteiger partial charge in [-0.15, -0.1) is 0 Å². The van der Waals surface area contributed by atoms with Crippen molar-refractivity contribution in [2.45, 2.75) is 13.8 Å². The van der Waals surface area contributed by atoms with Gasteiger partial charge in [-0.3, -0.25) is 4.57 Å². The number of benzene rings is 1. The minimum absolute atomic E-state index is 0.391. The van der Waals surface area contributed by atoms with Crippen LogP contribution in [-0.2, 0) is 0 Å². The number of imidazole rings is 1. The van der Waals surface area contributed by atoms with Gasteiger partial charge in [0.25, 0.3) is 0 Å². The summed E-state index contributed by atoms with van der Waals surface area (Å²) in [5, 5.41) is 0.678. The van der Waals surface area contributed by atoms with E-state index in [1.807, 2.05) is 32.0 Å². The summed E-state index contributed by atoms with van der Waals surface area (Å²) >= 11 is 9.77. The second-order valence-corrected chi connectivity index (χ2v) is 5.92. The topological polar surface area (TPSA) is 56.7 Å². The maximum Gasteiger partial charge on any atom is 0.207 e. The lowest BCUT2D eigenvalue weighted by Crippen LogP contribution is -2.02. The summed E-state index contributed by atoms with van der Waals surface area (Å²) < 4.78 is 2.70. The molecule has 20 heavy (non-hydrogen) atoms. The van der Waals surface area contributed by atoms with Crippen LogP contribution in [0, 0.1) is 13.8 Å². The maximum absolute atomic E-state index is 6.22. The fourth-order valence-corrected chi connectivity index (χ4v) is 2.95. The molecule has 0 saturated carbocycles. The Kier molecular flexibility index (Phi) is 3.18. The molecule has 0 saturated heterocycles. The van der Waals surface area contributed by atoms with Crippen molar-refractivity contribution < 1.29 is 0 Å². The number of aryl methyl sites for hydroxylation is 2. The van der Waals surface area contributed by atoms with Gasteiger partial charge in [-0.1, -0.05) is 11.6 Å². The molecule has 0 amide bonds. The van der Waals surface area contributed by atoms with E-state index in [2.05, 4.69) is 25.9 Å². The summed E-state index contributed by atoms with van der Waals surface area (Å²) in [4.78, 5) is 8.79. The van der Waals surface area contributed by atoms with Gasteiger partial charge in [0.05, 0.1) is 5.69 Å². The van der Waals surface area contributed by atoms with Gasteiger partial charge in [-0.25, -0.2) is 9.97 Å². The summed E-state index contributed by atoms with van der Waals surface area (Å²) in [6.45, 7) is 3.94. The van der Waals surface area contributed by atoms with E-state index in [-0.39, 0.29) is 0 Å². The molecule has 6 heteroatoms. The van der Waals surface area contributed by atoms with Crippen molar-refractivity contribution in [3.05, 3.63) is 45.0 Å². The molecule has 2 aromatic heterocycles. The zero-order chi connectivity index (χ0) is 14.4. The number of nitrogens with two attached hydrogens (primary N) is 1. The average molecular weight is 352 g/mol. The second kappa shape index (κ2) is 4.75. The van der Waals surface area contributed by atoms with Crippen LogP contribution in [0.1, 0.15) is 11.1 Å². The quantitative estimate of drug-likeness (QED) is 0.720. The number of hydrogen-bond acceptors (Lipinski definition) is 3. The molecule has 4 nitrogen and oxygen atoms in total. The summed E-state index contributed by atoms with van der Waals surface area (Å²) in [5.41, 5.74) is 10.4. The van der Waals surface area contributed by atoms with E-state index in [0.29, 0.717) is 11.0 Å². The molecule has 0 fully saturated rings. The van der Waals surface area contributed by atoms with Crippen molar-refractivity contribution in [3.8, 4) is 5.69 Å². The van der Waals surface area contributed by atoms with Crippen LogP contribution in [0.2, 0.25) is 5.02 Å². The molecular weight excluding hydrogens is 340 g/mol. The maximum atomic E-state index is 6.22. The van der Waals surface area contributed by atoms with Crippen molar-refractivity contribution in [2.75, 3.05) is 5.73 Å². The van der Waals surface area contributed by atoms with Crippen LogP contribution in [0.25, 0.3) is 16.9 Å². The molecule has 0 spiro atoms. The van der Waals surface area contributed by atoms with Crippen molar-refractivity contribution >= 4 is 44.6 Å². The fourth-order valence-electron chi connectivity index (χ4n) is 2.16. The number of nitrogen functional groups attached to an aromatic ring is 1. The Morgan fingerprint density at radius 2 is 2.00 bits per heavy atom. The van der Waals surface area contributed by atoms with Gasteiger partial charge >= 0.3 is 0 Å². The van der Waals surface area contributed by atoms with Gasteiger partial charge in [-0.2, -0.15) is 0 Å². The molecule has 102 valence electrons. The Morgan fingerprint density at radius 1 is 1.25 bits per heavy atom. The molecule has 0 aliphatic rings. The Hall–Kier alpha value is -1.59. The van der Waals surface area contributed by atoms with E-state index >= 15 is 0 Å². The molecule has 0 bridgehead atoms. The third-order valence-corrected chi connectivity index (χ3v) is 4.29. The smallest absolute Gasteiger partial charge is 0.207 e. The van der Waals surface area contributed by atoms with E-state index in [4.69, 9.17) is 17.3 Å². The van der Waals surface area contributed by atoms with Crippen molar-refractivity contribution in [3.63, 3.8) is 0 Å². The van der Waals surface area contributed by atoms with E-state index in [0.717, 1.165) is 32.5 Å². The third kappa shape index (κ3) is 1.98. The van der Waals surface area contributed by atoms with Gasteiger partial charge < -0.3 is 5.73 Å². The molecule has 3 rings (SSSR count). The molecule has 0 unspecified atom stereocenters. The first kappa shape index (κ1) is 13.4. The van der Waals surface area contributed by atoms with E-state index in [1.165, 1.54) is 0 Å². The fraction of sp³-hybridized carbons (Fsp3) is 0.143. The van der Waals surface area contributed by atoms with Crippen LogP contribution in [0.15, 0.2) is 28.9 Å². The number of fused-ring (bicyclic) bond motifs is 1. The number of anilines is 1. The minimum atomic E-state index is 0.391. The van der Waals surface area contributed by atoms with Crippen molar-refractivity contribution in [2.24, 2.45) is 0 Å². The monoisotopic (exact) mass is 350 g/mol. The average Bonchev–Trinajstić information content (AvgIpc) is 2.72. The second-order valence-electron chi connectivity index (χ2n) is 4.66. The molecule has 0 aliphatic carbocycles. The molecule has 0 radical (unpaired) electrons. The highest BCUT2D eigenvalue weighted by Crippen LogP contribution is 2.32. The number of halogens is 2. The summed E-state index contributed by atoms with van der Waals surface area (Å²) in [6, 6.07) is 5.73. The number of aromatic nitrogens is 3. The van der Waals surface area contributed by atoms with Gasteiger partial charge in [0.2, 0.25) is 5.95 Å². The minimum Gasteiger partial charge on any atom is -0.369 e. The van der Waals surface area contributed by atoms with Crippen molar-refractivity contribution in [1.29, 1.82) is 0 Å². The molecule has 1 aromatic carbocycles. The highest BCUT2D eigenvalue weighted by molar-refractivity contribution is 9.10. The van der Waals surface area contributed by atoms with Crippen LogP contribution in [0.3, 0.4) is 0 Å². The van der Waals surface area contributed by atoms with Crippen LogP contribution in [0.5, 0.6) is 0 Å². The first-order valence-electron chi connectivity index (χ1n) is 6.04.